The van der Waals surface area contributed by atoms with Crippen LogP contribution in [0.25, 0.3) is 0 Å². The highest BCUT2D eigenvalue weighted by atomic mass is 32.1. The third kappa shape index (κ3) is 4.00. The van der Waals surface area contributed by atoms with E-state index in [1.165, 1.54) is 9.80 Å². The van der Waals surface area contributed by atoms with Crippen molar-refractivity contribution < 1.29 is 14.4 Å². The summed E-state index contributed by atoms with van der Waals surface area (Å²) in [5.74, 6) is -0.550. The maximum atomic E-state index is 12.0. The number of carbonyl (C=O) groups is 3. The first kappa shape index (κ1) is 16.6. The smallest absolute Gasteiger partial charge is 0.235 e. The van der Waals surface area contributed by atoms with Gasteiger partial charge in [0.05, 0.1) is 10.4 Å². The molecular weight excluding hydrogens is 278 g/mol. The molecule has 6 nitrogen and oxygen atoms in total. The molecule has 1 fully saturated rings. The van der Waals surface area contributed by atoms with Crippen molar-refractivity contribution in [1.82, 2.24) is 9.80 Å². The summed E-state index contributed by atoms with van der Waals surface area (Å²) in [5, 5.41) is 0. The van der Waals surface area contributed by atoms with Crippen LogP contribution in [0, 0.1) is 5.41 Å². The Morgan fingerprint density at radius 2 is 2.00 bits per heavy atom. The van der Waals surface area contributed by atoms with E-state index in [9.17, 15) is 14.4 Å². The summed E-state index contributed by atoms with van der Waals surface area (Å²) in [5.41, 5.74) is 4.72. The molecule has 1 heterocycles. The largest absolute Gasteiger partial charge is 0.393 e. The van der Waals surface area contributed by atoms with Crippen LogP contribution in [-0.2, 0) is 14.4 Å². The fourth-order valence-corrected chi connectivity index (χ4v) is 2.15. The predicted molar refractivity (Wildman–Crippen MR) is 78.8 cm³/mol. The Bertz CT molecular complexity index is 448. The molecule has 112 valence electrons. The summed E-state index contributed by atoms with van der Waals surface area (Å²) < 4.78 is 0. The van der Waals surface area contributed by atoms with Crippen molar-refractivity contribution in [2.45, 2.75) is 33.1 Å². The van der Waals surface area contributed by atoms with Crippen LogP contribution in [0.15, 0.2) is 0 Å². The molecule has 20 heavy (non-hydrogen) atoms. The molecule has 0 aromatic heterocycles. The topological polar surface area (TPSA) is 83.7 Å². The highest BCUT2D eigenvalue weighted by Gasteiger charge is 2.44. The van der Waals surface area contributed by atoms with E-state index < -0.39 is 5.41 Å². The number of likely N-dealkylation sites (tertiary alicyclic amines) is 1. The molecule has 0 bridgehead atoms. The molecule has 1 aliphatic rings. The fraction of sp³-hybridized carbons (Fsp3) is 0.692. The summed E-state index contributed by atoms with van der Waals surface area (Å²) >= 11 is 4.75. The number of nitrogens with zero attached hydrogens (tertiary/aromatic N) is 2. The zero-order valence-corrected chi connectivity index (χ0v) is 13.0. The van der Waals surface area contributed by atoms with Gasteiger partial charge in [-0.15, -0.1) is 0 Å². The molecule has 1 rings (SSSR count). The van der Waals surface area contributed by atoms with Gasteiger partial charge in [-0.2, -0.15) is 0 Å². The molecule has 0 atom stereocenters. The summed E-state index contributed by atoms with van der Waals surface area (Å²) in [6.07, 6.45) is 0.797. The lowest BCUT2D eigenvalue weighted by molar-refractivity contribution is -0.141. The lowest BCUT2D eigenvalue weighted by Crippen LogP contribution is -2.37. The second-order valence-electron chi connectivity index (χ2n) is 5.69. The van der Waals surface area contributed by atoms with Gasteiger partial charge in [0, 0.05) is 39.4 Å². The van der Waals surface area contributed by atoms with Gasteiger partial charge in [0.15, 0.2) is 0 Å². The van der Waals surface area contributed by atoms with Crippen molar-refractivity contribution in [3.63, 3.8) is 0 Å². The SMILES string of the molecule is CN(CCC(N)=S)C(=O)CCN1C(=O)CC(C)(C)C1=O. The van der Waals surface area contributed by atoms with Crippen molar-refractivity contribution in [3.05, 3.63) is 0 Å². The van der Waals surface area contributed by atoms with Gasteiger partial charge in [0.25, 0.3) is 0 Å². The average Bonchev–Trinajstić information content (AvgIpc) is 2.53. The zero-order chi connectivity index (χ0) is 15.5. The molecule has 0 unspecified atom stereocenters. The summed E-state index contributed by atoms with van der Waals surface area (Å²) in [6.45, 7) is 4.06. The van der Waals surface area contributed by atoms with E-state index in [1.807, 2.05) is 0 Å². The summed E-state index contributed by atoms with van der Waals surface area (Å²) in [7, 11) is 1.65. The minimum atomic E-state index is -0.655. The van der Waals surface area contributed by atoms with E-state index in [2.05, 4.69) is 0 Å². The van der Waals surface area contributed by atoms with E-state index in [0.29, 0.717) is 18.0 Å². The van der Waals surface area contributed by atoms with Crippen LogP contribution in [0.5, 0.6) is 0 Å². The molecule has 0 aliphatic carbocycles. The summed E-state index contributed by atoms with van der Waals surface area (Å²) in [4.78, 5) is 38.7. The van der Waals surface area contributed by atoms with Crippen LogP contribution in [0.1, 0.15) is 33.1 Å². The molecule has 7 heteroatoms. The highest BCUT2D eigenvalue weighted by Crippen LogP contribution is 2.31. The molecule has 1 saturated heterocycles. The molecule has 1 aliphatic heterocycles. The predicted octanol–water partition coefficient (Wildman–Crippen LogP) is 0.296. The maximum Gasteiger partial charge on any atom is 0.235 e. The average molecular weight is 299 g/mol. The van der Waals surface area contributed by atoms with Crippen LogP contribution < -0.4 is 5.73 Å². The van der Waals surface area contributed by atoms with Gasteiger partial charge in [0.2, 0.25) is 17.7 Å². The van der Waals surface area contributed by atoms with Crippen molar-refractivity contribution in [2.75, 3.05) is 20.1 Å². The van der Waals surface area contributed by atoms with Crippen LogP contribution in [0.2, 0.25) is 0 Å². The van der Waals surface area contributed by atoms with Crippen LogP contribution in [0.4, 0.5) is 0 Å². The number of hydrogen-bond acceptors (Lipinski definition) is 4. The van der Waals surface area contributed by atoms with Crippen LogP contribution >= 0.6 is 12.2 Å². The standard InChI is InChI=1S/C13H21N3O3S/c1-13(2)8-11(18)16(12(13)19)7-5-10(17)15(3)6-4-9(14)20/h4-8H2,1-3H3,(H2,14,20). The number of nitrogens with two attached hydrogens (primary N) is 1. The van der Waals surface area contributed by atoms with Gasteiger partial charge in [-0.25, -0.2) is 0 Å². The minimum absolute atomic E-state index is 0.126. The van der Waals surface area contributed by atoms with Crippen molar-refractivity contribution in [2.24, 2.45) is 11.1 Å². The van der Waals surface area contributed by atoms with Gasteiger partial charge in [-0.3, -0.25) is 19.3 Å². The zero-order valence-electron chi connectivity index (χ0n) is 12.1. The number of amides is 3. The molecular formula is C13H21N3O3S. The Morgan fingerprint density at radius 1 is 1.40 bits per heavy atom. The van der Waals surface area contributed by atoms with Crippen molar-refractivity contribution >= 4 is 34.9 Å². The number of rotatable bonds is 6. The van der Waals surface area contributed by atoms with Crippen molar-refractivity contribution in [1.29, 1.82) is 0 Å². The maximum absolute atomic E-state index is 12.0. The monoisotopic (exact) mass is 299 g/mol. The van der Waals surface area contributed by atoms with E-state index in [4.69, 9.17) is 18.0 Å². The third-order valence-electron chi connectivity index (χ3n) is 3.39. The van der Waals surface area contributed by atoms with E-state index in [1.54, 1.807) is 20.9 Å². The lowest BCUT2D eigenvalue weighted by atomic mass is 9.92. The van der Waals surface area contributed by atoms with E-state index in [0.717, 1.165) is 0 Å². The fourth-order valence-electron chi connectivity index (χ4n) is 2.05. The number of hydrogen-bond donors (Lipinski definition) is 1. The number of carbonyl (C=O) groups excluding carboxylic acids is 3. The normalized spacial score (nSPS) is 17.4. The molecule has 2 N–H and O–H groups in total. The second-order valence-corrected chi connectivity index (χ2v) is 6.22. The first-order chi connectivity index (χ1) is 9.15. The number of imide groups is 1. The highest BCUT2D eigenvalue weighted by molar-refractivity contribution is 7.80. The van der Waals surface area contributed by atoms with Gasteiger partial charge in [0.1, 0.15) is 0 Å². The Morgan fingerprint density at radius 3 is 2.45 bits per heavy atom. The first-order valence-corrected chi connectivity index (χ1v) is 6.93. The second kappa shape index (κ2) is 6.30. The number of thiocarbonyl (C=S) groups is 1. The molecule has 0 aromatic rings. The molecule has 3 amide bonds. The molecule has 0 aromatic carbocycles. The van der Waals surface area contributed by atoms with Gasteiger partial charge in [-0.1, -0.05) is 26.1 Å². The Balaban J connectivity index is 2.47. The quantitative estimate of drug-likeness (QED) is 0.563. The molecule has 0 radical (unpaired) electrons. The lowest BCUT2D eigenvalue weighted by Gasteiger charge is -2.20. The Hall–Kier alpha value is -1.50. The van der Waals surface area contributed by atoms with Crippen LogP contribution in [-0.4, -0.2) is 52.6 Å². The van der Waals surface area contributed by atoms with E-state index in [-0.39, 0.29) is 37.1 Å². The first-order valence-electron chi connectivity index (χ1n) is 6.52. The molecule has 0 spiro atoms. The third-order valence-corrected chi connectivity index (χ3v) is 3.59. The minimum Gasteiger partial charge on any atom is -0.393 e. The van der Waals surface area contributed by atoms with Crippen molar-refractivity contribution in [3.8, 4) is 0 Å². The Kier molecular flexibility index (Phi) is 5.21. The molecule has 0 saturated carbocycles. The van der Waals surface area contributed by atoms with Gasteiger partial charge < -0.3 is 10.6 Å². The van der Waals surface area contributed by atoms with Gasteiger partial charge in [-0.05, 0) is 0 Å². The summed E-state index contributed by atoms with van der Waals surface area (Å²) in [6, 6.07) is 0. The van der Waals surface area contributed by atoms with Gasteiger partial charge >= 0.3 is 0 Å². The van der Waals surface area contributed by atoms with E-state index >= 15 is 0 Å². The Labute approximate surface area is 124 Å². The van der Waals surface area contributed by atoms with Crippen LogP contribution in [0.3, 0.4) is 0 Å².